The van der Waals surface area contributed by atoms with Gasteiger partial charge in [-0.25, -0.2) is 12.8 Å². The predicted molar refractivity (Wildman–Crippen MR) is 112 cm³/mol. The Morgan fingerprint density at radius 1 is 1.10 bits per heavy atom. The Hall–Kier alpha value is -2.61. The first-order valence-electron chi connectivity index (χ1n) is 9.36. The third kappa shape index (κ3) is 5.93. The van der Waals surface area contributed by atoms with Gasteiger partial charge in [0.05, 0.1) is 18.5 Å². The first kappa shape index (κ1) is 22.7. The number of hydrogen-bond acceptors (Lipinski definition) is 4. The highest BCUT2D eigenvalue weighted by molar-refractivity contribution is 7.92. The smallest absolute Gasteiger partial charge is 0.243 e. The van der Waals surface area contributed by atoms with Crippen LogP contribution in [0.1, 0.15) is 32.3 Å². The predicted octanol–water partition coefficient (Wildman–Crippen LogP) is 3.30. The lowest BCUT2D eigenvalue weighted by molar-refractivity contribution is -0.121. The zero-order valence-corrected chi connectivity index (χ0v) is 17.9. The van der Waals surface area contributed by atoms with E-state index >= 15 is 0 Å². The Morgan fingerprint density at radius 3 is 2.34 bits per heavy atom. The molecule has 0 bridgehead atoms. The van der Waals surface area contributed by atoms with Crippen molar-refractivity contribution in [1.29, 1.82) is 0 Å². The Morgan fingerprint density at radius 2 is 1.72 bits per heavy atom. The summed E-state index contributed by atoms with van der Waals surface area (Å²) in [5.74, 6) is -0.218. The van der Waals surface area contributed by atoms with E-state index in [1.54, 1.807) is 0 Å². The van der Waals surface area contributed by atoms with E-state index in [4.69, 9.17) is 4.74 Å². The van der Waals surface area contributed by atoms with Crippen molar-refractivity contribution < 1.29 is 22.3 Å². The molecule has 1 amide bonds. The van der Waals surface area contributed by atoms with Gasteiger partial charge in [0, 0.05) is 0 Å². The van der Waals surface area contributed by atoms with E-state index in [-0.39, 0.29) is 18.8 Å². The highest BCUT2D eigenvalue weighted by Crippen LogP contribution is 2.26. The van der Waals surface area contributed by atoms with Crippen LogP contribution in [0.25, 0.3) is 0 Å². The van der Waals surface area contributed by atoms with E-state index < -0.39 is 27.8 Å². The molecule has 29 heavy (non-hydrogen) atoms. The summed E-state index contributed by atoms with van der Waals surface area (Å²) in [6.45, 7) is 5.95. The van der Waals surface area contributed by atoms with E-state index in [1.807, 2.05) is 24.3 Å². The van der Waals surface area contributed by atoms with Crippen LogP contribution in [-0.4, -0.2) is 39.8 Å². The molecule has 0 aliphatic carbocycles. The van der Waals surface area contributed by atoms with E-state index in [1.165, 1.54) is 25.1 Å². The minimum atomic E-state index is -3.87. The number of carbonyl (C=O) groups is 1. The van der Waals surface area contributed by atoms with Gasteiger partial charge >= 0.3 is 0 Å². The Bertz CT molecular complexity index is 947. The van der Waals surface area contributed by atoms with Gasteiger partial charge in [-0.1, -0.05) is 44.2 Å². The largest absolute Gasteiger partial charge is 0.491 e. The van der Waals surface area contributed by atoms with Gasteiger partial charge in [-0.2, -0.15) is 0 Å². The fourth-order valence-corrected chi connectivity index (χ4v) is 4.16. The summed E-state index contributed by atoms with van der Waals surface area (Å²) in [4.78, 5) is 12.5. The molecule has 0 saturated carbocycles. The molecule has 0 spiro atoms. The number of amides is 1. The Labute approximate surface area is 171 Å². The van der Waals surface area contributed by atoms with Crippen molar-refractivity contribution in [2.45, 2.75) is 32.7 Å². The zero-order chi connectivity index (χ0) is 21.6. The van der Waals surface area contributed by atoms with Crippen LogP contribution >= 0.6 is 0 Å². The standard InChI is InChI=1S/C21H27FN2O4S/c1-15(2)17-9-5-8-12-20(17)28-14-13-23-21(25)16(3)24(29(4,26)27)19-11-7-6-10-18(19)22/h5-12,15-16H,13-14H2,1-4H3,(H,23,25). The van der Waals surface area contributed by atoms with Crippen LogP contribution in [0.3, 0.4) is 0 Å². The van der Waals surface area contributed by atoms with E-state index in [0.717, 1.165) is 27.9 Å². The van der Waals surface area contributed by atoms with Crippen molar-refractivity contribution in [3.63, 3.8) is 0 Å². The Kier molecular flexibility index (Phi) is 7.61. The molecule has 2 rings (SSSR count). The maximum Gasteiger partial charge on any atom is 0.243 e. The van der Waals surface area contributed by atoms with Crippen LogP contribution in [0.5, 0.6) is 5.75 Å². The number of sulfonamides is 1. The molecule has 0 radical (unpaired) electrons. The molecule has 8 heteroatoms. The van der Waals surface area contributed by atoms with E-state index in [0.29, 0.717) is 5.92 Å². The highest BCUT2D eigenvalue weighted by atomic mass is 32.2. The maximum absolute atomic E-state index is 14.1. The van der Waals surface area contributed by atoms with Crippen LogP contribution in [0.15, 0.2) is 48.5 Å². The number of nitrogens with one attached hydrogen (secondary N) is 1. The number of carbonyl (C=O) groups excluding carboxylic acids is 1. The molecule has 2 aromatic rings. The fraction of sp³-hybridized carbons (Fsp3) is 0.381. The van der Waals surface area contributed by atoms with Crippen molar-refractivity contribution in [3.05, 3.63) is 59.9 Å². The number of rotatable bonds is 9. The molecule has 0 aromatic heterocycles. The molecule has 0 saturated heterocycles. The number of halogens is 1. The number of benzene rings is 2. The van der Waals surface area contributed by atoms with Gasteiger partial charge in [-0.3, -0.25) is 9.10 Å². The SMILES string of the molecule is CC(C)c1ccccc1OCCNC(=O)C(C)N(c1ccccc1F)S(C)(=O)=O. The van der Waals surface area contributed by atoms with E-state index in [9.17, 15) is 17.6 Å². The third-order valence-electron chi connectivity index (χ3n) is 4.38. The van der Waals surface area contributed by atoms with Crippen LogP contribution in [0.2, 0.25) is 0 Å². The van der Waals surface area contributed by atoms with Crippen LogP contribution in [0, 0.1) is 5.82 Å². The van der Waals surface area contributed by atoms with Crippen molar-refractivity contribution in [2.75, 3.05) is 23.7 Å². The number of para-hydroxylation sites is 2. The van der Waals surface area contributed by atoms with Crippen LogP contribution < -0.4 is 14.4 Å². The molecule has 0 aliphatic heterocycles. The van der Waals surface area contributed by atoms with Crippen molar-refractivity contribution in [1.82, 2.24) is 5.32 Å². The van der Waals surface area contributed by atoms with E-state index in [2.05, 4.69) is 19.2 Å². The van der Waals surface area contributed by atoms with Gasteiger partial charge in [0.25, 0.3) is 0 Å². The molecule has 158 valence electrons. The lowest BCUT2D eigenvalue weighted by atomic mass is 10.0. The minimum absolute atomic E-state index is 0.167. The fourth-order valence-electron chi connectivity index (χ4n) is 2.98. The summed E-state index contributed by atoms with van der Waals surface area (Å²) < 4.78 is 45.1. The summed E-state index contributed by atoms with van der Waals surface area (Å²) in [5, 5.41) is 2.65. The number of nitrogens with zero attached hydrogens (tertiary/aromatic N) is 1. The molecule has 1 unspecified atom stereocenters. The average Bonchev–Trinajstić information content (AvgIpc) is 2.65. The lowest BCUT2D eigenvalue weighted by Crippen LogP contribution is -2.48. The van der Waals surface area contributed by atoms with Gasteiger partial charge < -0.3 is 10.1 Å². The zero-order valence-electron chi connectivity index (χ0n) is 17.1. The monoisotopic (exact) mass is 422 g/mol. The van der Waals surface area contributed by atoms with Crippen molar-refractivity contribution >= 4 is 21.6 Å². The second-order valence-electron chi connectivity index (χ2n) is 7.02. The molecular weight excluding hydrogens is 395 g/mol. The third-order valence-corrected chi connectivity index (χ3v) is 5.61. The van der Waals surface area contributed by atoms with Gasteiger partial charge in [0.1, 0.15) is 24.2 Å². The quantitative estimate of drug-likeness (QED) is 0.629. The summed E-state index contributed by atoms with van der Waals surface area (Å²) in [6.07, 6.45) is 0.940. The normalized spacial score (nSPS) is 12.5. The molecule has 0 aliphatic rings. The molecular formula is C21H27FN2O4S. The summed E-state index contributed by atoms with van der Waals surface area (Å²) in [6, 6.07) is 12.0. The van der Waals surface area contributed by atoms with Crippen LogP contribution in [0.4, 0.5) is 10.1 Å². The highest BCUT2D eigenvalue weighted by Gasteiger charge is 2.30. The number of anilines is 1. The molecule has 1 atom stereocenters. The molecule has 0 heterocycles. The first-order chi connectivity index (χ1) is 13.6. The second kappa shape index (κ2) is 9.73. The molecule has 1 N–H and O–H groups in total. The lowest BCUT2D eigenvalue weighted by Gasteiger charge is -2.28. The molecule has 0 fully saturated rings. The van der Waals surface area contributed by atoms with Gasteiger partial charge in [-0.05, 0) is 36.6 Å². The van der Waals surface area contributed by atoms with Gasteiger partial charge in [-0.15, -0.1) is 0 Å². The number of ether oxygens (including phenoxy) is 1. The second-order valence-corrected chi connectivity index (χ2v) is 8.88. The number of hydrogen-bond donors (Lipinski definition) is 1. The summed E-state index contributed by atoms with van der Waals surface area (Å²) >= 11 is 0. The minimum Gasteiger partial charge on any atom is -0.491 e. The van der Waals surface area contributed by atoms with Crippen molar-refractivity contribution in [2.24, 2.45) is 0 Å². The summed E-state index contributed by atoms with van der Waals surface area (Å²) in [7, 11) is -3.87. The maximum atomic E-state index is 14.1. The van der Waals surface area contributed by atoms with Gasteiger partial charge in [0.15, 0.2) is 0 Å². The molecule has 2 aromatic carbocycles. The average molecular weight is 423 g/mol. The molecule has 6 nitrogen and oxygen atoms in total. The van der Waals surface area contributed by atoms with Crippen molar-refractivity contribution in [3.8, 4) is 5.75 Å². The Balaban J connectivity index is 2.01. The topological polar surface area (TPSA) is 75.7 Å². The van der Waals surface area contributed by atoms with Gasteiger partial charge in [0.2, 0.25) is 15.9 Å². The van der Waals surface area contributed by atoms with Crippen LogP contribution in [-0.2, 0) is 14.8 Å². The summed E-state index contributed by atoms with van der Waals surface area (Å²) in [5.41, 5.74) is 0.898. The first-order valence-corrected chi connectivity index (χ1v) is 11.2.